The molecule has 5 rings (SSSR count). The molecule has 2 heterocycles. The lowest BCUT2D eigenvalue weighted by Crippen LogP contribution is -2.42. The van der Waals surface area contributed by atoms with Crippen molar-refractivity contribution in [3.8, 4) is 0 Å². The third-order valence-electron chi connectivity index (χ3n) is 6.65. The van der Waals surface area contributed by atoms with Crippen LogP contribution in [-0.2, 0) is 26.4 Å². The lowest BCUT2D eigenvalue weighted by molar-refractivity contribution is -0.133. The molecule has 35 heavy (non-hydrogen) atoms. The Morgan fingerprint density at radius 1 is 1.00 bits per heavy atom. The van der Waals surface area contributed by atoms with E-state index < -0.39 is 23.4 Å². The molecular weight excluding hydrogens is 444 g/mol. The Morgan fingerprint density at radius 2 is 1.71 bits per heavy atom. The molecular formula is C27H28N4O4. The maximum absolute atomic E-state index is 13.2. The number of nitrogens with zero attached hydrogens (tertiary/aromatic N) is 2. The first-order chi connectivity index (χ1) is 16.9. The summed E-state index contributed by atoms with van der Waals surface area (Å²) in [7, 11) is 0. The van der Waals surface area contributed by atoms with Gasteiger partial charge in [0.25, 0.3) is 5.91 Å². The first-order valence-electron chi connectivity index (χ1n) is 11.7. The van der Waals surface area contributed by atoms with Crippen LogP contribution >= 0.6 is 0 Å². The molecule has 4 amide bonds. The number of benzene rings is 3. The van der Waals surface area contributed by atoms with Crippen molar-refractivity contribution >= 4 is 34.3 Å². The summed E-state index contributed by atoms with van der Waals surface area (Å²) in [6, 6.07) is 20.5. The molecule has 0 radical (unpaired) electrons. The molecule has 180 valence electrons. The molecule has 0 spiro atoms. The SMILES string of the molecule is CC1(c2ccc3ccccc3c2)NC(=O)N(CC(=O)Nc2ccc(CN3CCOCC3)cc2)C1=O. The van der Waals surface area contributed by atoms with Crippen LogP contribution in [0.25, 0.3) is 10.8 Å². The first kappa shape index (κ1) is 23.0. The van der Waals surface area contributed by atoms with Crippen molar-refractivity contribution in [3.63, 3.8) is 0 Å². The molecule has 2 N–H and O–H groups in total. The van der Waals surface area contributed by atoms with Gasteiger partial charge in [0.15, 0.2) is 0 Å². The van der Waals surface area contributed by atoms with Gasteiger partial charge < -0.3 is 15.4 Å². The Bertz CT molecular complexity index is 1270. The number of imide groups is 1. The molecule has 0 saturated carbocycles. The highest BCUT2D eigenvalue weighted by molar-refractivity contribution is 6.10. The van der Waals surface area contributed by atoms with Crippen LogP contribution in [0.3, 0.4) is 0 Å². The van der Waals surface area contributed by atoms with Gasteiger partial charge in [-0.1, -0.05) is 48.5 Å². The number of amides is 4. The predicted molar refractivity (Wildman–Crippen MR) is 133 cm³/mol. The number of rotatable bonds is 6. The number of urea groups is 1. The summed E-state index contributed by atoms with van der Waals surface area (Å²) in [5.41, 5.74) is 1.20. The molecule has 0 bridgehead atoms. The predicted octanol–water partition coefficient (Wildman–Crippen LogP) is 3.08. The van der Waals surface area contributed by atoms with Gasteiger partial charge >= 0.3 is 6.03 Å². The Morgan fingerprint density at radius 3 is 2.46 bits per heavy atom. The topological polar surface area (TPSA) is 91.0 Å². The van der Waals surface area contributed by atoms with Crippen molar-refractivity contribution < 1.29 is 19.1 Å². The van der Waals surface area contributed by atoms with E-state index in [0.717, 1.165) is 54.1 Å². The van der Waals surface area contributed by atoms with Crippen LogP contribution in [0.5, 0.6) is 0 Å². The third-order valence-corrected chi connectivity index (χ3v) is 6.65. The second-order valence-corrected chi connectivity index (χ2v) is 9.14. The fraction of sp³-hybridized carbons (Fsp3) is 0.296. The zero-order chi connectivity index (χ0) is 24.4. The second-order valence-electron chi connectivity index (χ2n) is 9.14. The quantitative estimate of drug-likeness (QED) is 0.538. The van der Waals surface area contributed by atoms with Gasteiger partial charge in [-0.3, -0.25) is 19.4 Å². The standard InChI is InChI=1S/C27H28N4O4/c1-27(22-9-8-20-4-2-3-5-21(20)16-22)25(33)31(26(34)29-27)18-24(32)28-23-10-6-19(7-11-23)17-30-12-14-35-15-13-30/h2-11,16H,12-15,17-18H2,1H3,(H,28,32)(H,29,34). The highest BCUT2D eigenvalue weighted by Crippen LogP contribution is 2.31. The van der Waals surface area contributed by atoms with Gasteiger partial charge in [-0.2, -0.15) is 0 Å². The van der Waals surface area contributed by atoms with Gasteiger partial charge in [0.1, 0.15) is 12.1 Å². The molecule has 0 aromatic heterocycles. The minimum Gasteiger partial charge on any atom is -0.379 e. The average Bonchev–Trinajstić information content (AvgIpc) is 3.09. The summed E-state index contributed by atoms with van der Waals surface area (Å²) >= 11 is 0. The Balaban J connectivity index is 1.23. The molecule has 2 fully saturated rings. The molecule has 1 unspecified atom stereocenters. The Kier molecular flexibility index (Phi) is 6.23. The fourth-order valence-corrected chi connectivity index (χ4v) is 4.59. The van der Waals surface area contributed by atoms with Crippen molar-refractivity contribution in [2.24, 2.45) is 0 Å². The van der Waals surface area contributed by atoms with E-state index in [1.165, 1.54) is 0 Å². The summed E-state index contributed by atoms with van der Waals surface area (Å²) < 4.78 is 5.38. The summed E-state index contributed by atoms with van der Waals surface area (Å²) in [5, 5.41) is 7.57. The van der Waals surface area contributed by atoms with Crippen LogP contribution < -0.4 is 10.6 Å². The molecule has 1 atom stereocenters. The molecule has 8 heteroatoms. The van der Waals surface area contributed by atoms with Gasteiger partial charge in [-0.15, -0.1) is 0 Å². The second kappa shape index (κ2) is 9.48. The van der Waals surface area contributed by atoms with E-state index in [1.807, 2.05) is 66.7 Å². The summed E-state index contributed by atoms with van der Waals surface area (Å²) in [4.78, 5) is 41.9. The number of anilines is 1. The lowest BCUT2D eigenvalue weighted by Gasteiger charge is -2.26. The lowest BCUT2D eigenvalue weighted by atomic mass is 9.90. The maximum atomic E-state index is 13.2. The Labute approximate surface area is 203 Å². The average molecular weight is 473 g/mol. The third kappa shape index (κ3) is 4.76. The highest BCUT2D eigenvalue weighted by Gasteiger charge is 2.49. The number of hydrogen-bond donors (Lipinski definition) is 2. The number of nitrogens with one attached hydrogen (secondary N) is 2. The van der Waals surface area contributed by atoms with E-state index in [4.69, 9.17) is 4.74 Å². The van der Waals surface area contributed by atoms with Crippen LogP contribution in [0, 0.1) is 0 Å². The van der Waals surface area contributed by atoms with Crippen LogP contribution in [0.1, 0.15) is 18.1 Å². The van der Waals surface area contributed by atoms with E-state index in [0.29, 0.717) is 11.3 Å². The van der Waals surface area contributed by atoms with Gasteiger partial charge in [-0.25, -0.2) is 4.79 Å². The van der Waals surface area contributed by atoms with E-state index >= 15 is 0 Å². The monoisotopic (exact) mass is 472 g/mol. The minimum absolute atomic E-state index is 0.358. The number of carbonyl (C=O) groups excluding carboxylic acids is 3. The molecule has 3 aromatic rings. The summed E-state index contributed by atoms with van der Waals surface area (Å²) in [6.45, 7) is 5.44. The molecule has 2 aliphatic heterocycles. The molecule has 2 aliphatic rings. The normalized spacial score (nSPS) is 20.8. The van der Waals surface area contributed by atoms with E-state index in [-0.39, 0.29) is 6.54 Å². The van der Waals surface area contributed by atoms with E-state index in [2.05, 4.69) is 15.5 Å². The molecule has 0 aliphatic carbocycles. The molecule has 2 saturated heterocycles. The van der Waals surface area contributed by atoms with Crippen LogP contribution in [-0.4, -0.2) is 60.5 Å². The van der Waals surface area contributed by atoms with E-state index in [1.54, 1.807) is 6.92 Å². The number of fused-ring (bicyclic) bond motifs is 1. The van der Waals surface area contributed by atoms with Gasteiger partial charge in [-0.05, 0) is 47.0 Å². The zero-order valence-corrected chi connectivity index (χ0v) is 19.6. The molecule has 3 aromatic carbocycles. The van der Waals surface area contributed by atoms with Gasteiger partial charge in [0, 0.05) is 25.3 Å². The van der Waals surface area contributed by atoms with E-state index in [9.17, 15) is 14.4 Å². The highest BCUT2D eigenvalue weighted by atomic mass is 16.5. The number of hydrogen-bond acceptors (Lipinski definition) is 5. The molecule has 8 nitrogen and oxygen atoms in total. The number of carbonyl (C=O) groups is 3. The number of ether oxygens (including phenoxy) is 1. The van der Waals surface area contributed by atoms with Gasteiger partial charge in [0.05, 0.1) is 13.2 Å². The van der Waals surface area contributed by atoms with Crippen LogP contribution in [0.15, 0.2) is 66.7 Å². The van der Waals surface area contributed by atoms with Crippen molar-refractivity contribution in [2.45, 2.75) is 19.0 Å². The van der Waals surface area contributed by atoms with Gasteiger partial charge in [0.2, 0.25) is 5.91 Å². The minimum atomic E-state index is -1.23. The van der Waals surface area contributed by atoms with Crippen molar-refractivity contribution in [1.29, 1.82) is 0 Å². The summed E-state index contributed by atoms with van der Waals surface area (Å²) in [6.07, 6.45) is 0. The maximum Gasteiger partial charge on any atom is 0.325 e. The zero-order valence-electron chi connectivity index (χ0n) is 19.6. The summed E-state index contributed by atoms with van der Waals surface area (Å²) in [5.74, 6) is -0.883. The van der Waals surface area contributed by atoms with Crippen LogP contribution in [0.4, 0.5) is 10.5 Å². The van der Waals surface area contributed by atoms with Crippen molar-refractivity contribution in [3.05, 3.63) is 77.9 Å². The largest absolute Gasteiger partial charge is 0.379 e. The van der Waals surface area contributed by atoms with Crippen molar-refractivity contribution in [1.82, 2.24) is 15.1 Å². The fourth-order valence-electron chi connectivity index (χ4n) is 4.59. The first-order valence-corrected chi connectivity index (χ1v) is 11.7. The smallest absolute Gasteiger partial charge is 0.325 e. The van der Waals surface area contributed by atoms with Crippen LogP contribution in [0.2, 0.25) is 0 Å². The van der Waals surface area contributed by atoms with Crippen molar-refractivity contribution in [2.75, 3.05) is 38.2 Å². The number of morpholine rings is 1. The Hall–Kier alpha value is -3.75.